The lowest BCUT2D eigenvalue weighted by molar-refractivity contribution is 0.0413. The summed E-state index contributed by atoms with van der Waals surface area (Å²) in [6.07, 6.45) is 8.39. The number of methoxy groups -OCH3 is 1. The highest BCUT2D eigenvalue weighted by atomic mass is 35.5. The summed E-state index contributed by atoms with van der Waals surface area (Å²) in [5.41, 5.74) is 1.60. The number of pyridine rings is 1. The number of hydrogen-bond acceptors (Lipinski definition) is 4. The van der Waals surface area contributed by atoms with Gasteiger partial charge in [-0.2, -0.15) is 0 Å². The average Bonchev–Trinajstić information content (AvgIpc) is 2.75. The van der Waals surface area contributed by atoms with Gasteiger partial charge in [0.1, 0.15) is 11.6 Å². The fraction of sp³-hybridized carbons (Fsp3) is 0.500. The molecule has 2 heterocycles. The van der Waals surface area contributed by atoms with Gasteiger partial charge in [0.2, 0.25) is 0 Å². The van der Waals surface area contributed by atoms with Crippen molar-refractivity contribution in [1.82, 2.24) is 9.88 Å². The van der Waals surface area contributed by atoms with Gasteiger partial charge in [-0.15, -0.1) is 24.8 Å². The third-order valence-electron chi connectivity index (χ3n) is 6.15. The van der Waals surface area contributed by atoms with Crippen molar-refractivity contribution in [3.05, 3.63) is 54.2 Å². The maximum absolute atomic E-state index is 5.52. The lowest BCUT2D eigenvalue weighted by Gasteiger charge is -2.50. The topological polar surface area (TPSA) is 28.6 Å². The monoisotopic (exact) mass is 423 g/mol. The fourth-order valence-electron chi connectivity index (χ4n) is 4.74. The van der Waals surface area contributed by atoms with Crippen molar-refractivity contribution in [1.29, 1.82) is 0 Å². The number of piperazine rings is 1. The molecule has 28 heavy (non-hydrogen) atoms. The van der Waals surface area contributed by atoms with E-state index in [1.807, 2.05) is 12.3 Å². The van der Waals surface area contributed by atoms with E-state index < -0.39 is 0 Å². The Morgan fingerprint density at radius 3 is 2.29 bits per heavy atom. The molecule has 1 aromatic heterocycles. The molecule has 1 aliphatic carbocycles. The molecule has 1 aliphatic heterocycles. The third-order valence-corrected chi connectivity index (χ3v) is 6.15. The van der Waals surface area contributed by atoms with Gasteiger partial charge in [0.05, 0.1) is 7.11 Å². The minimum absolute atomic E-state index is 0. The molecule has 154 valence electrons. The fourth-order valence-corrected chi connectivity index (χ4v) is 4.74. The van der Waals surface area contributed by atoms with Crippen LogP contribution < -0.4 is 9.64 Å². The Bertz CT molecular complexity index is 715. The number of nitrogens with zero attached hydrogens (tertiary/aromatic N) is 3. The Morgan fingerprint density at radius 2 is 1.64 bits per heavy atom. The van der Waals surface area contributed by atoms with Crippen LogP contribution in [0.4, 0.5) is 5.82 Å². The van der Waals surface area contributed by atoms with E-state index in [0.717, 1.165) is 37.7 Å². The van der Waals surface area contributed by atoms with Crippen molar-refractivity contribution in [3.63, 3.8) is 0 Å². The van der Waals surface area contributed by atoms with E-state index in [2.05, 4.69) is 51.2 Å². The van der Waals surface area contributed by atoms with Crippen molar-refractivity contribution < 1.29 is 4.74 Å². The van der Waals surface area contributed by atoms with Crippen LogP contribution in [0.2, 0.25) is 0 Å². The van der Waals surface area contributed by atoms with Crippen LogP contribution in [0.25, 0.3) is 0 Å². The largest absolute Gasteiger partial charge is 0.497 e. The molecule has 4 rings (SSSR count). The van der Waals surface area contributed by atoms with Crippen LogP contribution in [0, 0.1) is 0 Å². The number of anilines is 1. The van der Waals surface area contributed by atoms with Crippen molar-refractivity contribution >= 4 is 30.6 Å². The van der Waals surface area contributed by atoms with Crippen LogP contribution in [0.3, 0.4) is 0 Å². The Hall–Kier alpha value is -1.49. The van der Waals surface area contributed by atoms with Crippen LogP contribution in [0.15, 0.2) is 48.7 Å². The normalized spacial score (nSPS) is 19.2. The molecular weight excluding hydrogens is 393 g/mol. The van der Waals surface area contributed by atoms with Crippen molar-refractivity contribution in [2.75, 3.05) is 38.2 Å². The molecule has 0 unspecified atom stereocenters. The molecule has 0 spiro atoms. The van der Waals surface area contributed by atoms with Gasteiger partial charge in [0.25, 0.3) is 0 Å². The highest BCUT2D eigenvalue weighted by Gasteiger charge is 2.41. The minimum atomic E-state index is 0. The molecule has 4 nitrogen and oxygen atoms in total. The molecule has 0 N–H and O–H groups in total. The van der Waals surface area contributed by atoms with E-state index in [-0.39, 0.29) is 30.4 Å². The number of rotatable bonds is 4. The second-order valence-electron chi connectivity index (χ2n) is 7.49. The summed E-state index contributed by atoms with van der Waals surface area (Å²) in [7, 11) is 1.76. The van der Waals surface area contributed by atoms with Crippen LogP contribution >= 0.6 is 24.8 Å². The molecule has 0 radical (unpaired) electrons. The maximum atomic E-state index is 5.52. The van der Waals surface area contributed by atoms with Crippen LogP contribution in [0.5, 0.6) is 5.75 Å². The lowest BCUT2D eigenvalue weighted by Crippen LogP contribution is -2.56. The predicted octanol–water partition coefficient (Wildman–Crippen LogP) is 4.92. The average molecular weight is 424 g/mol. The zero-order chi connectivity index (χ0) is 17.8. The molecule has 1 aromatic carbocycles. The van der Waals surface area contributed by atoms with Crippen LogP contribution in [0.1, 0.15) is 37.7 Å². The van der Waals surface area contributed by atoms with Gasteiger partial charge in [0, 0.05) is 37.9 Å². The quantitative estimate of drug-likeness (QED) is 0.697. The van der Waals surface area contributed by atoms with E-state index >= 15 is 0 Å². The van der Waals surface area contributed by atoms with Gasteiger partial charge in [-0.3, -0.25) is 4.90 Å². The van der Waals surface area contributed by atoms with E-state index in [1.165, 1.54) is 37.7 Å². The molecule has 1 saturated carbocycles. The first kappa shape index (κ1) is 22.8. The van der Waals surface area contributed by atoms with E-state index in [1.54, 1.807) is 7.11 Å². The number of halogens is 2. The van der Waals surface area contributed by atoms with Crippen molar-refractivity contribution in [3.8, 4) is 5.75 Å². The van der Waals surface area contributed by atoms with Crippen molar-refractivity contribution in [2.45, 2.75) is 37.6 Å². The standard InChI is InChI=1S/C22H29N3O.2ClH/c1-26-20-9-7-8-19(18-20)22(11-4-2-5-12-22)25-16-14-24(15-17-25)21-10-3-6-13-23-21;;/h3,6-10,13,18H,2,4-5,11-12,14-17H2,1H3;2*1H. The second-order valence-corrected chi connectivity index (χ2v) is 7.49. The third kappa shape index (κ3) is 4.56. The summed E-state index contributed by atoms with van der Waals surface area (Å²) in [5, 5.41) is 0. The summed E-state index contributed by atoms with van der Waals surface area (Å²) >= 11 is 0. The van der Waals surface area contributed by atoms with Gasteiger partial charge >= 0.3 is 0 Å². The minimum Gasteiger partial charge on any atom is -0.497 e. The van der Waals surface area contributed by atoms with Gasteiger partial charge in [-0.1, -0.05) is 37.5 Å². The van der Waals surface area contributed by atoms with E-state index in [9.17, 15) is 0 Å². The molecule has 0 bridgehead atoms. The summed E-state index contributed by atoms with van der Waals surface area (Å²) in [6.45, 7) is 4.27. The summed E-state index contributed by atoms with van der Waals surface area (Å²) in [5.74, 6) is 2.07. The lowest BCUT2D eigenvalue weighted by atomic mass is 9.75. The summed E-state index contributed by atoms with van der Waals surface area (Å²) in [6, 6.07) is 14.9. The van der Waals surface area contributed by atoms with Gasteiger partial charge < -0.3 is 9.64 Å². The van der Waals surface area contributed by atoms with E-state index in [4.69, 9.17) is 4.74 Å². The second kappa shape index (κ2) is 10.3. The zero-order valence-corrected chi connectivity index (χ0v) is 18.2. The number of benzene rings is 1. The highest BCUT2D eigenvalue weighted by Crippen LogP contribution is 2.43. The molecule has 0 atom stereocenters. The Kier molecular flexibility index (Phi) is 8.41. The first-order valence-electron chi connectivity index (χ1n) is 9.87. The molecule has 2 aromatic rings. The highest BCUT2D eigenvalue weighted by molar-refractivity contribution is 5.85. The number of ether oxygens (including phenoxy) is 1. The van der Waals surface area contributed by atoms with Crippen molar-refractivity contribution in [2.24, 2.45) is 0 Å². The first-order chi connectivity index (χ1) is 12.8. The van der Waals surface area contributed by atoms with Crippen LogP contribution in [-0.2, 0) is 5.54 Å². The Morgan fingerprint density at radius 1 is 0.893 bits per heavy atom. The summed E-state index contributed by atoms with van der Waals surface area (Å²) < 4.78 is 5.52. The van der Waals surface area contributed by atoms with E-state index in [0.29, 0.717) is 0 Å². The van der Waals surface area contributed by atoms with Gasteiger partial charge in [-0.05, 0) is 42.7 Å². The number of aromatic nitrogens is 1. The Balaban J connectivity index is 0.00000140. The number of hydrogen-bond donors (Lipinski definition) is 0. The molecule has 0 amide bonds. The predicted molar refractivity (Wildman–Crippen MR) is 120 cm³/mol. The SMILES string of the molecule is COc1cccc(C2(N3CCN(c4ccccn4)CC3)CCCCC2)c1.Cl.Cl. The maximum Gasteiger partial charge on any atom is 0.128 e. The van der Waals surface area contributed by atoms with Gasteiger partial charge in [-0.25, -0.2) is 4.98 Å². The van der Waals surface area contributed by atoms with Crippen LogP contribution in [-0.4, -0.2) is 43.2 Å². The smallest absolute Gasteiger partial charge is 0.128 e. The zero-order valence-electron chi connectivity index (χ0n) is 16.5. The Labute approximate surface area is 181 Å². The molecule has 6 heteroatoms. The molecule has 2 fully saturated rings. The molecular formula is C22H31Cl2N3O. The van der Waals surface area contributed by atoms with Gasteiger partial charge in [0.15, 0.2) is 0 Å². The first-order valence-corrected chi connectivity index (χ1v) is 9.87. The summed E-state index contributed by atoms with van der Waals surface area (Å²) in [4.78, 5) is 9.68. The molecule has 1 saturated heterocycles. The molecule has 2 aliphatic rings.